The molecule has 0 unspecified atom stereocenters. The molecule has 2 aromatic heterocycles. The van der Waals surface area contributed by atoms with Crippen LogP contribution in [0.4, 0.5) is 8.78 Å². The van der Waals surface area contributed by atoms with Crippen LogP contribution in [0.15, 0.2) is 48.8 Å². The molecule has 0 saturated heterocycles. The maximum Gasteiger partial charge on any atom is 0.153 e. The van der Waals surface area contributed by atoms with E-state index in [4.69, 9.17) is 0 Å². The summed E-state index contributed by atoms with van der Waals surface area (Å²) in [6.07, 6.45) is 4.61. The normalized spacial score (nSPS) is 14.6. The second-order valence-electron chi connectivity index (χ2n) is 5.97. The number of benzene rings is 1. The van der Waals surface area contributed by atoms with Crippen LogP contribution >= 0.6 is 0 Å². The fourth-order valence-corrected chi connectivity index (χ4v) is 3.06. The average Bonchev–Trinajstić information content (AvgIpc) is 2.98. The first-order valence-corrected chi connectivity index (χ1v) is 7.83. The van der Waals surface area contributed by atoms with E-state index in [1.807, 2.05) is 24.4 Å². The fraction of sp³-hybridized carbons (Fsp3) is 0.222. The van der Waals surface area contributed by atoms with E-state index < -0.39 is 11.6 Å². The van der Waals surface area contributed by atoms with Crippen LogP contribution < -0.4 is 0 Å². The molecule has 0 fully saturated rings. The van der Waals surface area contributed by atoms with E-state index in [0.29, 0.717) is 18.7 Å². The third kappa shape index (κ3) is 3.05. The van der Waals surface area contributed by atoms with Gasteiger partial charge in [0.05, 0.1) is 5.69 Å². The lowest BCUT2D eigenvalue weighted by Gasteiger charge is -2.25. The van der Waals surface area contributed by atoms with Crippen molar-refractivity contribution in [2.24, 2.45) is 0 Å². The maximum atomic E-state index is 13.3. The number of fused-ring (bicyclic) bond motifs is 1. The summed E-state index contributed by atoms with van der Waals surface area (Å²) in [5.74, 6) is -0.296. The molecule has 1 aliphatic rings. The van der Waals surface area contributed by atoms with Gasteiger partial charge in [0, 0.05) is 38.1 Å². The summed E-state index contributed by atoms with van der Waals surface area (Å²) < 4.78 is 28.4. The smallest absolute Gasteiger partial charge is 0.153 e. The predicted molar refractivity (Wildman–Crippen MR) is 85.5 cm³/mol. The Labute approximate surface area is 138 Å². The van der Waals surface area contributed by atoms with Gasteiger partial charge in [-0.1, -0.05) is 6.07 Å². The van der Waals surface area contributed by atoms with Crippen molar-refractivity contribution in [2.45, 2.75) is 19.5 Å². The Hall–Kier alpha value is -2.60. The first-order chi connectivity index (χ1) is 11.7. The molecule has 4 nitrogen and oxygen atoms in total. The van der Waals surface area contributed by atoms with Gasteiger partial charge in [0.25, 0.3) is 0 Å². The van der Waals surface area contributed by atoms with Crippen molar-refractivity contribution in [3.8, 4) is 5.82 Å². The van der Waals surface area contributed by atoms with Crippen molar-refractivity contribution in [2.75, 3.05) is 6.54 Å². The third-order valence-corrected chi connectivity index (χ3v) is 4.16. The van der Waals surface area contributed by atoms with E-state index in [1.54, 1.807) is 10.9 Å². The minimum atomic E-state index is -0.540. The van der Waals surface area contributed by atoms with Crippen LogP contribution in [0.3, 0.4) is 0 Å². The van der Waals surface area contributed by atoms with E-state index >= 15 is 0 Å². The summed E-state index contributed by atoms with van der Waals surface area (Å²) in [5.41, 5.74) is 2.83. The maximum absolute atomic E-state index is 13.3. The van der Waals surface area contributed by atoms with Gasteiger partial charge in [-0.2, -0.15) is 5.10 Å². The molecule has 0 spiro atoms. The molecule has 1 aliphatic heterocycles. The Bertz CT molecular complexity index is 840. The van der Waals surface area contributed by atoms with Crippen LogP contribution in [-0.4, -0.2) is 26.2 Å². The van der Waals surface area contributed by atoms with E-state index in [2.05, 4.69) is 15.0 Å². The SMILES string of the molecule is Fc1cc(F)cc(CN2CCc3cn(-c4ccccn4)nc3C2)c1. The summed E-state index contributed by atoms with van der Waals surface area (Å²) >= 11 is 0. The molecular weight excluding hydrogens is 310 g/mol. The third-order valence-electron chi connectivity index (χ3n) is 4.16. The zero-order chi connectivity index (χ0) is 16.5. The molecule has 0 atom stereocenters. The van der Waals surface area contributed by atoms with Crippen LogP contribution in [0.25, 0.3) is 5.82 Å². The van der Waals surface area contributed by atoms with Crippen molar-refractivity contribution < 1.29 is 8.78 Å². The van der Waals surface area contributed by atoms with Gasteiger partial charge in [0.1, 0.15) is 11.6 Å². The van der Waals surface area contributed by atoms with Gasteiger partial charge in [-0.05, 0) is 41.8 Å². The number of hydrogen-bond acceptors (Lipinski definition) is 3. The molecule has 3 aromatic rings. The van der Waals surface area contributed by atoms with Crippen molar-refractivity contribution in [3.05, 3.63) is 77.2 Å². The summed E-state index contributed by atoms with van der Waals surface area (Å²) in [4.78, 5) is 6.45. The molecule has 0 N–H and O–H groups in total. The lowest BCUT2D eigenvalue weighted by Crippen LogP contribution is -2.29. The molecule has 3 heterocycles. The molecule has 0 saturated carbocycles. The standard InChI is InChI=1S/C18H16F2N4/c19-15-7-13(8-16(20)9-15)10-23-6-4-14-11-24(22-17(14)12-23)18-3-1-2-5-21-18/h1-3,5,7-9,11H,4,6,10,12H2. The summed E-state index contributed by atoms with van der Waals surface area (Å²) in [7, 11) is 0. The first kappa shape index (κ1) is 15.0. The molecule has 6 heteroatoms. The molecule has 4 rings (SSSR count). The van der Waals surface area contributed by atoms with Crippen molar-refractivity contribution in [3.63, 3.8) is 0 Å². The molecular formula is C18H16F2N4. The summed E-state index contributed by atoms with van der Waals surface area (Å²) in [6.45, 7) is 2.00. The number of rotatable bonds is 3. The zero-order valence-electron chi connectivity index (χ0n) is 13.0. The average molecular weight is 326 g/mol. The molecule has 24 heavy (non-hydrogen) atoms. The van der Waals surface area contributed by atoms with E-state index in [-0.39, 0.29) is 0 Å². The van der Waals surface area contributed by atoms with Crippen molar-refractivity contribution in [1.82, 2.24) is 19.7 Å². The lowest BCUT2D eigenvalue weighted by molar-refractivity contribution is 0.241. The number of nitrogens with zero attached hydrogens (tertiary/aromatic N) is 4. The minimum Gasteiger partial charge on any atom is -0.293 e. The highest BCUT2D eigenvalue weighted by atomic mass is 19.1. The van der Waals surface area contributed by atoms with Gasteiger partial charge >= 0.3 is 0 Å². The van der Waals surface area contributed by atoms with Gasteiger partial charge in [-0.25, -0.2) is 18.4 Å². The number of aromatic nitrogens is 3. The van der Waals surface area contributed by atoms with E-state index in [1.165, 1.54) is 17.7 Å². The summed E-state index contributed by atoms with van der Waals surface area (Å²) in [6, 6.07) is 9.36. The number of halogens is 2. The van der Waals surface area contributed by atoms with Crippen LogP contribution in [0.2, 0.25) is 0 Å². The van der Waals surface area contributed by atoms with Crippen LogP contribution in [0.1, 0.15) is 16.8 Å². The molecule has 122 valence electrons. The largest absolute Gasteiger partial charge is 0.293 e. The van der Waals surface area contributed by atoms with Crippen LogP contribution in [-0.2, 0) is 19.5 Å². The topological polar surface area (TPSA) is 34.0 Å². The Morgan fingerprint density at radius 2 is 1.92 bits per heavy atom. The summed E-state index contributed by atoms with van der Waals surface area (Å²) in [5, 5.41) is 4.61. The van der Waals surface area contributed by atoms with Gasteiger partial charge in [-0.3, -0.25) is 4.90 Å². The Morgan fingerprint density at radius 3 is 2.67 bits per heavy atom. The molecule has 0 bridgehead atoms. The van der Waals surface area contributed by atoms with Crippen molar-refractivity contribution in [1.29, 1.82) is 0 Å². The Morgan fingerprint density at radius 1 is 1.08 bits per heavy atom. The van der Waals surface area contributed by atoms with E-state index in [9.17, 15) is 8.78 Å². The van der Waals surface area contributed by atoms with Gasteiger partial charge in [0.2, 0.25) is 0 Å². The highest BCUT2D eigenvalue weighted by molar-refractivity contribution is 5.28. The zero-order valence-corrected chi connectivity index (χ0v) is 13.0. The highest BCUT2D eigenvalue weighted by Crippen LogP contribution is 2.21. The van der Waals surface area contributed by atoms with Gasteiger partial charge in [-0.15, -0.1) is 0 Å². The second kappa shape index (κ2) is 6.13. The quantitative estimate of drug-likeness (QED) is 0.742. The first-order valence-electron chi connectivity index (χ1n) is 7.83. The predicted octanol–water partition coefficient (Wildman–Crippen LogP) is 3.10. The Balaban J connectivity index is 1.52. The van der Waals surface area contributed by atoms with Crippen LogP contribution in [0, 0.1) is 11.6 Å². The van der Waals surface area contributed by atoms with E-state index in [0.717, 1.165) is 30.5 Å². The second-order valence-corrected chi connectivity index (χ2v) is 5.97. The molecule has 0 amide bonds. The van der Waals surface area contributed by atoms with Gasteiger partial charge < -0.3 is 0 Å². The number of pyridine rings is 1. The minimum absolute atomic E-state index is 0.505. The monoisotopic (exact) mass is 326 g/mol. The van der Waals surface area contributed by atoms with Crippen LogP contribution in [0.5, 0.6) is 0 Å². The molecule has 0 aliphatic carbocycles. The Kier molecular flexibility index (Phi) is 3.82. The molecule has 0 radical (unpaired) electrons. The fourth-order valence-electron chi connectivity index (χ4n) is 3.06. The van der Waals surface area contributed by atoms with Gasteiger partial charge in [0.15, 0.2) is 5.82 Å². The van der Waals surface area contributed by atoms with Crippen molar-refractivity contribution >= 4 is 0 Å². The number of hydrogen-bond donors (Lipinski definition) is 0. The molecule has 1 aromatic carbocycles. The lowest BCUT2D eigenvalue weighted by atomic mass is 10.1. The highest BCUT2D eigenvalue weighted by Gasteiger charge is 2.20.